The topological polar surface area (TPSA) is 89.9 Å². The van der Waals surface area contributed by atoms with Crippen LogP contribution in [0, 0.1) is 5.41 Å². The monoisotopic (exact) mass is 292 g/mol. The van der Waals surface area contributed by atoms with Crippen LogP contribution in [-0.4, -0.2) is 40.2 Å². The number of aromatic carboxylic acids is 1. The quantitative estimate of drug-likeness (QED) is 0.781. The Kier molecular flexibility index (Phi) is 4.06. The standard InChI is InChI=1S/C15H20N2O4/c1-15(2)6-3-7-17(9-15)14(21)16-10-4-5-11(13(19)20)12(18)8-10/h4-5,8,18H,3,6-7,9H2,1-2H3,(H,16,21)(H,19,20). The lowest BCUT2D eigenvalue weighted by Crippen LogP contribution is -2.45. The van der Waals surface area contributed by atoms with Gasteiger partial charge in [-0.05, 0) is 30.4 Å². The number of carboxylic acids is 1. The summed E-state index contributed by atoms with van der Waals surface area (Å²) in [5.41, 5.74) is 0.295. The van der Waals surface area contributed by atoms with Crippen LogP contribution >= 0.6 is 0 Å². The fraction of sp³-hybridized carbons (Fsp3) is 0.467. The first-order valence-corrected chi connectivity index (χ1v) is 6.91. The summed E-state index contributed by atoms with van der Waals surface area (Å²) in [5.74, 6) is -1.57. The Bertz CT molecular complexity index is 569. The highest BCUT2D eigenvalue weighted by molar-refractivity contribution is 5.94. The molecule has 1 aromatic rings. The third kappa shape index (κ3) is 3.65. The van der Waals surface area contributed by atoms with Crippen molar-refractivity contribution in [2.75, 3.05) is 18.4 Å². The van der Waals surface area contributed by atoms with Gasteiger partial charge in [-0.2, -0.15) is 0 Å². The van der Waals surface area contributed by atoms with E-state index in [1.165, 1.54) is 18.2 Å². The molecule has 21 heavy (non-hydrogen) atoms. The van der Waals surface area contributed by atoms with E-state index in [1.54, 1.807) is 4.90 Å². The fourth-order valence-electron chi connectivity index (χ4n) is 2.59. The van der Waals surface area contributed by atoms with Gasteiger partial charge in [-0.15, -0.1) is 0 Å². The van der Waals surface area contributed by atoms with Gasteiger partial charge in [0.1, 0.15) is 11.3 Å². The number of piperidine rings is 1. The van der Waals surface area contributed by atoms with Gasteiger partial charge < -0.3 is 20.4 Å². The van der Waals surface area contributed by atoms with Gasteiger partial charge in [0.25, 0.3) is 0 Å². The summed E-state index contributed by atoms with van der Waals surface area (Å²) < 4.78 is 0. The Morgan fingerprint density at radius 3 is 2.62 bits per heavy atom. The maximum absolute atomic E-state index is 12.2. The number of hydrogen-bond acceptors (Lipinski definition) is 3. The van der Waals surface area contributed by atoms with Crippen LogP contribution in [0.5, 0.6) is 5.75 Å². The first-order chi connectivity index (χ1) is 9.78. The molecule has 1 aliphatic heterocycles. The second-order valence-electron chi connectivity index (χ2n) is 6.16. The minimum Gasteiger partial charge on any atom is -0.507 e. The number of nitrogens with one attached hydrogen (secondary N) is 1. The van der Waals surface area contributed by atoms with Crippen LogP contribution in [0.1, 0.15) is 37.0 Å². The van der Waals surface area contributed by atoms with Crippen molar-refractivity contribution in [1.29, 1.82) is 0 Å². The normalized spacial score (nSPS) is 17.3. The van der Waals surface area contributed by atoms with E-state index in [2.05, 4.69) is 19.2 Å². The molecule has 1 fully saturated rings. The zero-order chi connectivity index (χ0) is 15.6. The molecule has 114 valence electrons. The summed E-state index contributed by atoms with van der Waals surface area (Å²) in [5, 5.41) is 21.2. The van der Waals surface area contributed by atoms with Gasteiger partial charge in [-0.25, -0.2) is 9.59 Å². The lowest BCUT2D eigenvalue weighted by molar-refractivity contribution is 0.0694. The molecule has 6 heteroatoms. The van der Waals surface area contributed by atoms with Crippen molar-refractivity contribution in [2.24, 2.45) is 5.41 Å². The van der Waals surface area contributed by atoms with Crippen molar-refractivity contribution in [3.63, 3.8) is 0 Å². The highest BCUT2D eigenvalue weighted by Crippen LogP contribution is 2.29. The molecule has 1 saturated heterocycles. The van der Waals surface area contributed by atoms with E-state index in [-0.39, 0.29) is 22.8 Å². The van der Waals surface area contributed by atoms with Crippen LogP contribution in [0.2, 0.25) is 0 Å². The third-order valence-electron chi connectivity index (χ3n) is 3.67. The number of anilines is 1. The highest BCUT2D eigenvalue weighted by atomic mass is 16.4. The number of nitrogens with zero attached hydrogens (tertiary/aromatic N) is 1. The van der Waals surface area contributed by atoms with E-state index in [4.69, 9.17) is 5.11 Å². The molecule has 0 bridgehead atoms. The van der Waals surface area contributed by atoms with Gasteiger partial charge >= 0.3 is 12.0 Å². The Morgan fingerprint density at radius 1 is 1.33 bits per heavy atom. The fourth-order valence-corrected chi connectivity index (χ4v) is 2.59. The number of carbonyl (C=O) groups is 2. The molecule has 2 amide bonds. The smallest absolute Gasteiger partial charge is 0.339 e. The summed E-state index contributed by atoms with van der Waals surface area (Å²) in [6.07, 6.45) is 2.05. The van der Waals surface area contributed by atoms with Gasteiger partial charge in [0.05, 0.1) is 0 Å². The molecule has 0 saturated carbocycles. The Morgan fingerprint density at radius 2 is 2.05 bits per heavy atom. The number of rotatable bonds is 2. The lowest BCUT2D eigenvalue weighted by atomic mass is 9.84. The van der Waals surface area contributed by atoms with Crippen LogP contribution in [0.15, 0.2) is 18.2 Å². The Labute approximate surface area is 123 Å². The van der Waals surface area contributed by atoms with Crippen LogP contribution in [0.25, 0.3) is 0 Å². The van der Waals surface area contributed by atoms with Crippen LogP contribution in [0.3, 0.4) is 0 Å². The molecule has 0 spiro atoms. The number of urea groups is 1. The van der Waals surface area contributed by atoms with Gasteiger partial charge in [-0.1, -0.05) is 13.8 Å². The predicted octanol–water partition coefficient (Wildman–Crippen LogP) is 2.74. The number of benzene rings is 1. The number of carbonyl (C=O) groups excluding carboxylic acids is 1. The minimum atomic E-state index is -1.21. The zero-order valence-electron chi connectivity index (χ0n) is 12.2. The highest BCUT2D eigenvalue weighted by Gasteiger charge is 2.29. The molecular weight excluding hydrogens is 272 g/mol. The number of hydrogen-bond donors (Lipinski definition) is 3. The Hall–Kier alpha value is -2.24. The molecule has 1 heterocycles. The summed E-state index contributed by atoms with van der Waals surface area (Å²) >= 11 is 0. The molecular formula is C15H20N2O4. The third-order valence-corrected chi connectivity index (χ3v) is 3.67. The average Bonchev–Trinajstić information content (AvgIpc) is 2.37. The number of carboxylic acid groups (broad SMARTS) is 1. The molecule has 6 nitrogen and oxygen atoms in total. The second kappa shape index (κ2) is 5.63. The zero-order valence-corrected chi connectivity index (χ0v) is 12.2. The summed E-state index contributed by atoms with van der Waals surface area (Å²) in [6.45, 7) is 5.63. The number of likely N-dealkylation sites (tertiary alicyclic amines) is 1. The van der Waals surface area contributed by atoms with Crippen LogP contribution < -0.4 is 5.32 Å². The SMILES string of the molecule is CC1(C)CCCN(C(=O)Nc2ccc(C(=O)O)c(O)c2)C1. The van der Waals surface area contributed by atoms with Crippen molar-refractivity contribution in [2.45, 2.75) is 26.7 Å². The molecule has 0 atom stereocenters. The first kappa shape index (κ1) is 15.2. The first-order valence-electron chi connectivity index (χ1n) is 6.91. The van der Waals surface area contributed by atoms with Crippen molar-refractivity contribution in [3.05, 3.63) is 23.8 Å². The van der Waals surface area contributed by atoms with E-state index >= 15 is 0 Å². The minimum absolute atomic E-state index is 0.102. The Balaban J connectivity index is 2.06. The van der Waals surface area contributed by atoms with Gasteiger partial charge in [-0.3, -0.25) is 0 Å². The van der Waals surface area contributed by atoms with E-state index < -0.39 is 5.97 Å². The molecule has 3 N–H and O–H groups in total. The predicted molar refractivity (Wildman–Crippen MR) is 78.7 cm³/mol. The molecule has 0 radical (unpaired) electrons. The van der Waals surface area contributed by atoms with Crippen molar-refractivity contribution < 1.29 is 19.8 Å². The molecule has 1 aromatic carbocycles. The summed E-state index contributed by atoms with van der Waals surface area (Å²) in [6, 6.07) is 3.75. The summed E-state index contributed by atoms with van der Waals surface area (Å²) in [4.78, 5) is 24.8. The molecule has 0 aromatic heterocycles. The molecule has 0 aliphatic carbocycles. The largest absolute Gasteiger partial charge is 0.507 e. The summed E-state index contributed by atoms with van der Waals surface area (Å²) in [7, 11) is 0. The van der Waals surface area contributed by atoms with Crippen LogP contribution in [-0.2, 0) is 0 Å². The van der Waals surface area contributed by atoms with E-state index in [0.717, 1.165) is 12.8 Å². The van der Waals surface area contributed by atoms with Crippen molar-refractivity contribution in [1.82, 2.24) is 4.90 Å². The van der Waals surface area contributed by atoms with E-state index in [1.807, 2.05) is 0 Å². The maximum Gasteiger partial charge on any atom is 0.339 e. The van der Waals surface area contributed by atoms with E-state index in [9.17, 15) is 14.7 Å². The molecule has 2 rings (SSSR count). The number of amides is 2. The number of aromatic hydroxyl groups is 1. The van der Waals surface area contributed by atoms with Gasteiger partial charge in [0.15, 0.2) is 0 Å². The average molecular weight is 292 g/mol. The van der Waals surface area contributed by atoms with Crippen LogP contribution in [0.4, 0.5) is 10.5 Å². The van der Waals surface area contributed by atoms with E-state index in [0.29, 0.717) is 18.8 Å². The second-order valence-corrected chi connectivity index (χ2v) is 6.16. The van der Waals surface area contributed by atoms with Gasteiger partial charge in [0.2, 0.25) is 0 Å². The molecule has 0 unspecified atom stereocenters. The van der Waals surface area contributed by atoms with Crippen molar-refractivity contribution in [3.8, 4) is 5.75 Å². The van der Waals surface area contributed by atoms with Crippen molar-refractivity contribution >= 4 is 17.7 Å². The number of phenols is 1. The van der Waals surface area contributed by atoms with Gasteiger partial charge in [0, 0.05) is 24.8 Å². The lowest BCUT2D eigenvalue weighted by Gasteiger charge is -2.37. The molecule has 1 aliphatic rings. The maximum atomic E-state index is 12.2.